The minimum atomic E-state index is 0.000388. The van der Waals surface area contributed by atoms with E-state index in [1.54, 1.807) is 6.20 Å². The van der Waals surface area contributed by atoms with Crippen molar-refractivity contribution in [1.29, 1.82) is 0 Å². The number of aromatic nitrogens is 2. The summed E-state index contributed by atoms with van der Waals surface area (Å²) in [5.74, 6) is 0.000388. The summed E-state index contributed by atoms with van der Waals surface area (Å²) in [6.07, 6.45) is 3.84. The summed E-state index contributed by atoms with van der Waals surface area (Å²) in [4.78, 5) is 11.9. The van der Waals surface area contributed by atoms with Crippen molar-refractivity contribution in [3.8, 4) is 0 Å². The summed E-state index contributed by atoms with van der Waals surface area (Å²) in [5.41, 5.74) is 2.92. The van der Waals surface area contributed by atoms with Crippen LogP contribution < -0.4 is 10.6 Å². The molecule has 0 atom stereocenters. The normalized spacial score (nSPS) is 10.5. The molecule has 2 rings (SSSR count). The molecule has 1 aromatic carbocycles. The SMILES string of the molecule is CCCCNC(=O)c1ccc(CNCc2ccn[nH]2)cc1. The minimum Gasteiger partial charge on any atom is -0.352 e. The molecule has 2 aromatic rings. The molecule has 0 aliphatic carbocycles. The van der Waals surface area contributed by atoms with Crippen molar-refractivity contribution in [3.05, 3.63) is 53.3 Å². The van der Waals surface area contributed by atoms with Gasteiger partial charge in [0.1, 0.15) is 0 Å². The molecule has 5 heteroatoms. The molecule has 1 heterocycles. The van der Waals surface area contributed by atoms with E-state index in [0.29, 0.717) is 5.56 Å². The number of rotatable bonds is 8. The van der Waals surface area contributed by atoms with Gasteiger partial charge in [-0.1, -0.05) is 25.5 Å². The second kappa shape index (κ2) is 8.21. The molecule has 0 bridgehead atoms. The Bertz CT molecular complexity index is 534. The Morgan fingerprint density at radius 1 is 1.19 bits per heavy atom. The number of aromatic amines is 1. The molecule has 0 radical (unpaired) electrons. The molecular weight excluding hydrogens is 264 g/mol. The first kappa shape index (κ1) is 15.3. The maximum atomic E-state index is 11.9. The molecule has 0 aliphatic rings. The van der Waals surface area contributed by atoms with Gasteiger partial charge >= 0.3 is 0 Å². The van der Waals surface area contributed by atoms with Crippen LogP contribution in [0.25, 0.3) is 0 Å². The zero-order valence-electron chi connectivity index (χ0n) is 12.4. The quantitative estimate of drug-likeness (QED) is 0.652. The summed E-state index contributed by atoms with van der Waals surface area (Å²) in [6.45, 7) is 4.36. The second-order valence-corrected chi connectivity index (χ2v) is 4.99. The number of H-pyrrole nitrogens is 1. The average molecular weight is 286 g/mol. The number of amides is 1. The molecule has 3 N–H and O–H groups in total. The molecular formula is C16H22N4O. The monoisotopic (exact) mass is 286 g/mol. The third-order valence-electron chi connectivity index (χ3n) is 3.23. The van der Waals surface area contributed by atoms with Crippen LogP contribution in [-0.2, 0) is 13.1 Å². The van der Waals surface area contributed by atoms with Crippen LogP contribution in [0.15, 0.2) is 36.5 Å². The molecule has 0 spiro atoms. The third kappa shape index (κ3) is 5.04. The predicted octanol–water partition coefficient (Wildman–Crippen LogP) is 2.23. The summed E-state index contributed by atoms with van der Waals surface area (Å²) in [5, 5.41) is 13.0. The highest BCUT2D eigenvalue weighted by atomic mass is 16.1. The van der Waals surface area contributed by atoms with Crippen LogP contribution in [0.5, 0.6) is 0 Å². The van der Waals surface area contributed by atoms with Crippen LogP contribution in [0.2, 0.25) is 0 Å². The van der Waals surface area contributed by atoms with Gasteiger partial charge in [-0.2, -0.15) is 5.10 Å². The number of nitrogens with zero attached hydrogens (tertiary/aromatic N) is 1. The third-order valence-corrected chi connectivity index (χ3v) is 3.23. The minimum absolute atomic E-state index is 0.000388. The lowest BCUT2D eigenvalue weighted by molar-refractivity contribution is 0.0953. The zero-order chi connectivity index (χ0) is 14.9. The Kier molecular flexibility index (Phi) is 5.97. The van der Waals surface area contributed by atoms with E-state index in [0.717, 1.165) is 43.7 Å². The van der Waals surface area contributed by atoms with Crippen LogP contribution in [-0.4, -0.2) is 22.6 Å². The van der Waals surface area contributed by atoms with Gasteiger partial charge in [-0.05, 0) is 30.2 Å². The topological polar surface area (TPSA) is 69.8 Å². The molecule has 0 fully saturated rings. The van der Waals surface area contributed by atoms with Crippen LogP contribution >= 0.6 is 0 Å². The molecule has 0 aliphatic heterocycles. The summed E-state index contributed by atoms with van der Waals surface area (Å²) >= 11 is 0. The van der Waals surface area contributed by atoms with E-state index in [2.05, 4.69) is 27.8 Å². The van der Waals surface area contributed by atoms with Gasteiger partial charge in [0.05, 0.1) is 0 Å². The van der Waals surface area contributed by atoms with Crippen molar-refractivity contribution in [2.45, 2.75) is 32.9 Å². The molecule has 112 valence electrons. The number of carbonyl (C=O) groups is 1. The Hall–Kier alpha value is -2.14. The Morgan fingerprint density at radius 2 is 2.00 bits per heavy atom. The lowest BCUT2D eigenvalue weighted by Gasteiger charge is -2.06. The van der Waals surface area contributed by atoms with Crippen LogP contribution in [0, 0.1) is 0 Å². The van der Waals surface area contributed by atoms with Gasteiger partial charge in [0.15, 0.2) is 0 Å². The second-order valence-electron chi connectivity index (χ2n) is 4.99. The summed E-state index contributed by atoms with van der Waals surface area (Å²) < 4.78 is 0. The highest BCUT2D eigenvalue weighted by molar-refractivity contribution is 5.94. The van der Waals surface area contributed by atoms with E-state index in [4.69, 9.17) is 0 Å². The van der Waals surface area contributed by atoms with Gasteiger partial charge in [0.25, 0.3) is 5.91 Å². The van der Waals surface area contributed by atoms with Crippen molar-refractivity contribution in [3.63, 3.8) is 0 Å². The lowest BCUT2D eigenvalue weighted by Crippen LogP contribution is -2.24. The molecule has 0 saturated heterocycles. The first-order valence-electron chi connectivity index (χ1n) is 7.35. The first-order valence-corrected chi connectivity index (χ1v) is 7.35. The Morgan fingerprint density at radius 3 is 2.67 bits per heavy atom. The number of carbonyl (C=O) groups excluding carboxylic acids is 1. The van der Waals surface area contributed by atoms with E-state index in [-0.39, 0.29) is 5.91 Å². The van der Waals surface area contributed by atoms with Crippen molar-refractivity contribution in [2.24, 2.45) is 0 Å². The van der Waals surface area contributed by atoms with E-state index in [9.17, 15) is 4.79 Å². The van der Waals surface area contributed by atoms with E-state index in [1.165, 1.54) is 0 Å². The van der Waals surface area contributed by atoms with Crippen LogP contribution in [0.4, 0.5) is 0 Å². The predicted molar refractivity (Wildman–Crippen MR) is 82.8 cm³/mol. The number of benzene rings is 1. The molecule has 21 heavy (non-hydrogen) atoms. The van der Waals surface area contributed by atoms with Gasteiger partial charge in [0, 0.05) is 37.1 Å². The van der Waals surface area contributed by atoms with E-state index < -0.39 is 0 Å². The summed E-state index contributed by atoms with van der Waals surface area (Å²) in [6, 6.07) is 9.64. The number of unbranched alkanes of at least 4 members (excludes halogenated alkanes) is 1. The van der Waals surface area contributed by atoms with Gasteiger partial charge in [-0.3, -0.25) is 9.89 Å². The average Bonchev–Trinajstić information content (AvgIpc) is 3.01. The van der Waals surface area contributed by atoms with Crippen molar-refractivity contribution < 1.29 is 4.79 Å². The van der Waals surface area contributed by atoms with Crippen molar-refractivity contribution in [1.82, 2.24) is 20.8 Å². The van der Waals surface area contributed by atoms with Gasteiger partial charge in [-0.25, -0.2) is 0 Å². The largest absolute Gasteiger partial charge is 0.352 e. The molecule has 0 unspecified atom stereocenters. The number of hydrogen-bond donors (Lipinski definition) is 3. The van der Waals surface area contributed by atoms with Gasteiger partial charge < -0.3 is 10.6 Å². The fourth-order valence-electron chi connectivity index (χ4n) is 1.98. The van der Waals surface area contributed by atoms with Crippen LogP contribution in [0.3, 0.4) is 0 Å². The fourth-order valence-corrected chi connectivity index (χ4v) is 1.98. The van der Waals surface area contributed by atoms with E-state index >= 15 is 0 Å². The molecule has 5 nitrogen and oxygen atoms in total. The lowest BCUT2D eigenvalue weighted by atomic mass is 10.1. The van der Waals surface area contributed by atoms with Crippen LogP contribution in [0.1, 0.15) is 41.4 Å². The smallest absolute Gasteiger partial charge is 0.251 e. The Labute approximate surface area is 125 Å². The highest BCUT2D eigenvalue weighted by Gasteiger charge is 2.04. The number of nitrogens with one attached hydrogen (secondary N) is 3. The standard InChI is InChI=1S/C16H22N4O/c1-2-3-9-18-16(21)14-6-4-13(5-7-14)11-17-12-15-8-10-19-20-15/h4-8,10,17H,2-3,9,11-12H2,1H3,(H,18,21)(H,19,20). The number of hydrogen-bond acceptors (Lipinski definition) is 3. The Balaban J connectivity index is 1.77. The van der Waals surface area contributed by atoms with Gasteiger partial charge in [0.2, 0.25) is 0 Å². The molecule has 1 aromatic heterocycles. The maximum absolute atomic E-state index is 11.9. The fraction of sp³-hybridized carbons (Fsp3) is 0.375. The molecule has 1 amide bonds. The van der Waals surface area contributed by atoms with Crippen molar-refractivity contribution >= 4 is 5.91 Å². The highest BCUT2D eigenvalue weighted by Crippen LogP contribution is 2.05. The molecule has 0 saturated carbocycles. The van der Waals surface area contributed by atoms with E-state index in [1.807, 2.05) is 30.3 Å². The first-order chi connectivity index (χ1) is 10.3. The summed E-state index contributed by atoms with van der Waals surface area (Å²) in [7, 11) is 0. The van der Waals surface area contributed by atoms with Crippen molar-refractivity contribution in [2.75, 3.05) is 6.54 Å². The van der Waals surface area contributed by atoms with Gasteiger partial charge in [-0.15, -0.1) is 0 Å². The maximum Gasteiger partial charge on any atom is 0.251 e. The zero-order valence-corrected chi connectivity index (χ0v) is 12.4.